The molecular formula is C14H22N2. The van der Waals surface area contributed by atoms with E-state index in [1.165, 1.54) is 5.69 Å². The summed E-state index contributed by atoms with van der Waals surface area (Å²) in [7, 11) is 0. The lowest BCUT2D eigenvalue weighted by atomic mass is 10.1. The van der Waals surface area contributed by atoms with E-state index in [0.717, 1.165) is 5.82 Å². The Kier molecular flexibility index (Phi) is 6.93. The zero-order chi connectivity index (χ0) is 12.6. The second kappa shape index (κ2) is 7.69. The van der Waals surface area contributed by atoms with E-state index in [4.69, 9.17) is 0 Å². The van der Waals surface area contributed by atoms with Gasteiger partial charge in [-0.1, -0.05) is 46.9 Å². The Bertz CT molecular complexity index is 357. The van der Waals surface area contributed by atoms with Crippen molar-refractivity contribution in [2.45, 2.75) is 33.6 Å². The predicted octanol–water partition coefficient (Wildman–Crippen LogP) is 4.33. The highest BCUT2D eigenvalue weighted by molar-refractivity contribution is 5.45. The third kappa shape index (κ3) is 3.54. The molecule has 0 aliphatic heterocycles. The molecule has 0 saturated carbocycles. The van der Waals surface area contributed by atoms with Crippen molar-refractivity contribution in [2.75, 3.05) is 0 Å². The first-order chi connectivity index (χ1) is 7.70. The van der Waals surface area contributed by atoms with Gasteiger partial charge in [0.05, 0.1) is 0 Å². The number of hydrogen-bond donors (Lipinski definition) is 0. The van der Waals surface area contributed by atoms with Crippen molar-refractivity contribution < 1.29 is 0 Å². The summed E-state index contributed by atoms with van der Waals surface area (Å²) in [5, 5.41) is 0. The van der Waals surface area contributed by atoms with Crippen LogP contribution < -0.4 is 0 Å². The standard InChI is InChI=1S/C12H16N2.C2H6/c1-5-7-8-14-11(10(3)4)9-13-12(14)6-2;1-2/h5-10H,1-2H2,3-4H3;1-2H3/b8-7-;. The number of nitrogens with zero attached hydrogens (tertiary/aromatic N) is 2. The van der Waals surface area contributed by atoms with E-state index in [1.807, 2.05) is 36.9 Å². The summed E-state index contributed by atoms with van der Waals surface area (Å²) in [5.41, 5.74) is 1.18. The molecule has 2 heteroatoms. The summed E-state index contributed by atoms with van der Waals surface area (Å²) in [5.74, 6) is 1.32. The molecule has 1 rings (SSSR count). The van der Waals surface area contributed by atoms with Gasteiger partial charge in [-0.2, -0.15) is 0 Å². The first kappa shape index (κ1) is 14.4. The first-order valence-corrected chi connectivity index (χ1v) is 5.69. The van der Waals surface area contributed by atoms with Crippen LogP contribution in [0.15, 0.2) is 31.5 Å². The Morgan fingerprint density at radius 3 is 2.38 bits per heavy atom. The summed E-state index contributed by atoms with van der Waals surface area (Å²) in [6.07, 6.45) is 9.22. The number of hydrogen-bond acceptors (Lipinski definition) is 1. The molecular weight excluding hydrogens is 196 g/mol. The minimum absolute atomic E-state index is 0.450. The summed E-state index contributed by atoms with van der Waals surface area (Å²) >= 11 is 0. The van der Waals surface area contributed by atoms with Gasteiger partial charge in [0, 0.05) is 18.1 Å². The molecule has 88 valence electrons. The molecule has 0 fully saturated rings. The van der Waals surface area contributed by atoms with Crippen molar-refractivity contribution in [3.63, 3.8) is 0 Å². The Balaban J connectivity index is 0.00000106. The van der Waals surface area contributed by atoms with Gasteiger partial charge in [-0.05, 0) is 18.1 Å². The fourth-order valence-electron chi connectivity index (χ4n) is 1.28. The Hall–Kier alpha value is -1.57. The Morgan fingerprint density at radius 2 is 1.94 bits per heavy atom. The smallest absolute Gasteiger partial charge is 0.136 e. The van der Waals surface area contributed by atoms with Crippen LogP contribution in [0.3, 0.4) is 0 Å². The van der Waals surface area contributed by atoms with E-state index in [1.54, 1.807) is 12.2 Å². The fraction of sp³-hybridized carbons (Fsp3) is 0.357. The monoisotopic (exact) mass is 218 g/mol. The lowest BCUT2D eigenvalue weighted by Gasteiger charge is -2.07. The van der Waals surface area contributed by atoms with Crippen LogP contribution in [0, 0.1) is 0 Å². The molecule has 0 atom stereocenters. The van der Waals surface area contributed by atoms with Gasteiger partial charge in [0.1, 0.15) is 5.82 Å². The van der Waals surface area contributed by atoms with Gasteiger partial charge in [0.2, 0.25) is 0 Å². The molecule has 0 saturated heterocycles. The van der Waals surface area contributed by atoms with Gasteiger partial charge in [-0.3, -0.25) is 0 Å². The van der Waals surface area contributed by atoms with Gasteiger partial charge in [-0.25, -0.2) is 4.98 Å². The second-order valence-corrected chi connectivity index (χ2v) is 3.35. The molecule has 0 radical (unpaired) electrons. The number of allylic oxidation sites excluding steroid dienone is 2. The average Bonchev–Trinajstić information content (AvgIpc) is 2.71. The molecule has 0 N–H and O–H groups in total. The average molecular weight is 218 g/mol. The molecule has 0 aliphatic carbocycles. The van der Waals surface area contributed by atoms with E-state index >= 15 is 0 Å². The van der Waals surface area contributed by atoms with E-state index in [-0.39, 0.29) is 0 Å². The van der Waals surface area contributed by atoms with Crippen LogP contribution in [0.5, 0.6) is 0 Å². The Morgan fingerprint density at radius 1 is 1.31 bits per heavy atom. The van der Waals surface area contributed by atoms with Gasteiger partial charge in [0.25, 0.3) is 0 Å². The molecule has 0 aromatic carbocycles. The molecule has 1 aromatic heterocycles. The first-order valence-electron chi connectivity index (χ1n) is 5.69. The van der Waals surface area contributed by atoms with Crippen molar-refractivity contribution in [1.29, 1.82) is 0 Å². The van der Waals surface area contributed by atoms with Crippen molar-refractivity contribution in [1.82, 2.24) is 9.55 Å². The molecule has 0 unspecified atom stereocenters. The quantitative estimate of drug-likeness (QED) is 0.688. The topological polar surface area (TPSA) is 17.8 Å². The lowest BCUT2D eigenvalue weighted by Crippen LogP contribution is -1.98. The second-order valence-electron chi connectivity index (χ2n) is 3.35. The van der Waals surface area contributed by atoms with Crippen LogP contribution in [0.1, 0.15) is 45.1 Å². The van der Waals surface area contributed by atoms with Gasteiger partial charge in [-0.15, -0.1) is 0 Å². The highest BCUT2D eigenvalue weighted by Gasteiger charge is 2.07. The number of imidazole rings is 1. The SMILES string of the molecule is C=C/C=C\n1c(C(C)C)cnc1C=C.CC. The van der Waals surface area contributed by atoms with Crippen molar-refractivity contribution in [2.24, 2.45) is 0 Å². The van der Waals surface area contributed by atoms with Crippen LogP contribution in [0.25, 0.3) is 12.3 Å². The van der Waals surface area contributed by atoms with Crippen molar-refractivity contribution >= 4 is 12.3 Å². The molecule has 2 nitrogen and oxygen atoms in total. The van der Waals surface area contributed by atoms with Crippen LogP contribution in [0.2, 0.25) is 0 Å². The van der Waals surface area contributed by atoms with Crippen LogP contribution in [-0.4, -0.2) is 9.55 Å². The summed E-state index contributed by atoms with van der Waals surface area (Å²) in [6, 6.07) is 0. The maximum atomic E-state index is 4.27. The van der Waals surface area contributed by atoms with Crippen molar-refractivity contribution in [3.8, 4) is 0 Å². The highest BCUT2D eigenvalue weighted by Crippen LogP contribution is 2.17. The van der Waals surface area contributed by atoms with Crippen LogP contribution in [-0.2, 0) is 0 Å². The molecule has 0 bridgehead atoms. The van der Waals surface area contributed by atoms with Gasteiger partial charge < -0.3 is 4.57 Å². The maximum Gasteiger partial charge on any atom is 0.136 e. The summed E-state index contributed by atoms with van der Waals surface area (Å²) in [4.78, 5) is 4.27. The highest BCUT2D eigenvalue weighted by atomic mass is 15.1. The molecule has 1 heterocycles. The minimum atomic E-state index is 0.450. The Labute approximate surface area is 99.0 Å². The van der Waals surface area contributed by atoms with Gasteiger partial charge >= 0.3 is 0 Å². The third-order valence-corrected chi connectivity index (χ3v) is 2.00. The van der Waals surface area contributed by atoms with Crippen LogP contribution in [0.4, 0.5) is 0 Å². The lowest BCUT2D eigenvalue weighted by molar-refractivity contribution is 0.800. The molecule has 0 amide bonds. The zero-order valence-corrected chi connectivity index (χ0v) is 10.8. The number of rotatable bonds is 4. The fourth-order valence-corrected chi connectivity index (χ4v) is 1.28. The van der Waals surface area contributed by atoms with Gasteiger partial charge in [0.15, 0.2) is 0 Å². The van der Waals surface area contributed by atoms with E-state index in [2.05, 4.69) is 32.0 Å². The van der Waals surface area contributed by atoms with E-state index in [9.17, 15) is 0 Å². The van der Waals surface area contributed by atoms with Crippen molar-refractivity contribution in [3.05, 3.63) is 43.0 Å². The normalized spacial score (nSPS) is 10.1. The third-order valence-electron chi connectivity index (χ3n) is 2.00. The molecule has 1 aromatic rings. The largest absolute Gasteiger partial charge is 0.304 e. The minimum Gasteiger partial charge on any atom is -0.304 e. The number of aromatic nitrogens is 2. The van der Waals surface area contributed by atoms with E-state index < -0.39 is 0 Å². The maximum absolute atomic E-state index is 4.27. The van der Waals surface area contributed by atoms with Crippen LogP contribution >= 0.6 is 0 Å². The molecule has 0 spiro atoms. The zero-order valence-electron chi connectivity index (χ0n) is 10.8. The van der Waals surface area contributed by atoms with E-state index in [0.29, 0.717) is 5.92 Å². The molecule has 16 heavy (non-hydrogen) atoms. The molecule has 0 aliphatic rings. The predicted molar refractivity (Wildman–Crippen MR) is 73.3 cm³/mol. The summed E-state index contributed by atoms with van der Waals surface area (Å²) in [6.45, 7) is 15.7. The summed E-state index contributed by atoms with van der Waals surface area (Å²) < 4.78 is 2.03.